The van der Waals surface area contributed by atoms with Gasteiger partial charge in [-0.2, -0.15) is 0 Å². The molecule has 0 aliphatic carbocycles. The minimum Gasteiger partial charge on any atom is -0.508 e. The topological polar surface area (TPSA) is 81.6 Å². The molecule has 98 valence electrons. The molecule has 2 rings (SSSR count). The number of carbonyl (C=O) groups is 1. The summed E-state index contributed by atoms with van der Waals surface area (Å²) < 4.78 is 0. The largest absolute Gasteiger partial charge is 0.508 e. The van der Waals surface area contributed by atoms with Crippen LogP contribution in [0.4, 0.5) is 0 Å². The van der Waals surface area contributed by atoms with Crippen LogP contribution < -0.4 is 10.6 Å². The zero-order valence-corrected chi connectivity index (χ0v) is 10.3. The van der Waals surface area contributed by atoms with Crippen molar-refractivity contribution in [3.05, 3.63) is 23.8 Å². The molecule has 1 aliphatic heterocycles. The lowest BCUT2D eigenvalue weighted by Crippen LogP contribution is -2.48. The second-order valence-electron chi connectivity index (χ2n) is 4.66. The van der Waals surface area contributed by atoms with E-state index >= 15 is 0 Å². The third-order valence-corrected chi connectivity index (χ3v) is 3.16. The quantitative estimate of drug-likeness (QED) is 0.646. The molecule has 0 radical (unpaired) electrons. The molecular formula is C13H18N2O3. The molecule has 0 spiro atoms. The number of benzene rings is 1. The van der Waals surface area contributed by atoms with Crippen molar-refractivity contribution in [1.82, 2.24) is 10.6 Å². The second-order valence-corrected chi connectivity index (χ2v) is 4.66. The molecule has 18 heavy (non-hydrogen) atoms. The Morgan fingerprint density at radius 2 is 2.00 bits per heavy atom. The van der Waals surface area contributed by atoms with E-state index in [9.17, 15) is 15.0 Å². The molecule has 4 N–H and O–H groups in total. The number of amides is 1. The van der Waals surface area contributed by atoms with Crippen LogP contribution in [0.1, 0.15) is 31.4 Å². The lowest BCUT2D eigenvalue weighted by atomic mass is 10.0. The number of rotatable bonds is 3. The highest BCUT2D eigenvalue weighted by atomic mass is 16.3. The highest BCUT2D eigenvalue weighted by Crippen LogP contribution is 2.25. The molecule has 2 unspecified atom stereocenters. The van der Waals surface area contributed by atoms with Gasteiger partial charge in [0.15, 0.2) is 0 Å². The van der Waals surface area contributed by atoms with Crippen LogP contribution in [0.25, 0.3) is 0 Å². The molecule has 1 aromatic rings. The normalized spacial score (nSPS) is 21.4. The van der Waals surface area contributed by atoms with Gasteiger partial charge < -0.3 is 15.5 Å². The number of phenolic OH excluding ortho intramolecular Hbond substituents is 2. The van der Waals surface area contributed by atoms with Gasteiger partial charge in [0.2, 0.25) is 5.91 Å². The van der Waals surface area contributed by atoms with Gasteiger partial charge in [-0.15, -0.1) is 0 Å². The molecule has 0 saturated carbocycles. The third-order valence-electron chi connectivity index (χ3n) is 3.16. The number of hydrogen-bond donors (Lipinski definition) is 4. The molecule has 1 heterocycles. The number of phenols is 2. The smallest absolute Gasteiger partial charge is 0.237 e. The van der Waals surface area contributed by atoms with Crippen molar-refractivity contribution in [2.75, 3.05) is 6.54 Å². The summed E-state index contributed by atoms with van der Waals surface area (Å²) in [6.07, 6.45) is 1.77. The van der Waals surface area contributed by atoms with Gasteiger partial charge in [0.05, 0.1) is 6.04 Å². The van der Waals surface area contributed by atoms with Crippen molar-refractivity contribution >= 4 is 5.91 Å². The first-order chi connectivity index (χ1) is 8.56. The van der Waals surface area contributed by atoms with Crippen LogP contribution in [0.15, 0.2) is 18.2 Å². The van der Waals surface area contributed by atoms with Gasteiger partial charge in [-0.3, -0.25) is 10.1 Å². The number of aromatic hydroxyl groups is 2. The summed E-state index contributed by atoms with van der Waals surface area (Å²) in [5.74, 6) is 0.0518. The van der Waals surface area contributed by atoms with Crippen LogP contribution in [0.3, 0.4) is 0 Å². The fourth-order valence-electron chi connectivity index (χ4n) is 2.20. The summed E-state index contributed by atoms with van der Waals surface area (Å²) in [6, 6.07) is 4.12. The van der Waals surface area contributed by atoms with E-state index < -0.39 is 0 Å². The zero-order chi connectivity index (χ0) is 13.1. The van der Waals surface area contributed by atoms with Gasteiger partial charge in [0, 0.05) is 18.7 Å². The van der Waals surface area contributed by atoms with E-state index in [1.54, 1.807) is 12.1 Å². The lowest BCUT2D eigenvalue weighted by molar-refractivity contribution is -0.124. The highest BCUT2D eigenvalue weighted by Gasteiger charge is 2.23. The Morgan fingerprint density at radius 3 is 2.61 bits per heavy atom. The van der Waals surface area contributed by atoms with Gasteiger partial charge in [0.25, 0.3) is 0 Å². The maximum absolute atomic E-state index is 11.6. The van der Waals surface area contributed by atoms with Crippen LogP contribution in [0.5, 0.6) is 11.5 Å². The highest BCUT2D eigenvalue weighted by molar-refractivity contribution is 5.82. The lowest BCUT2D eigenvalue weighted by Gasteiger charge is -2.26. The van der Waals surface area contributed by atoms with Crippen LogP contribution >= 0.6 is 0 Å². The predicted molar refractivity (Wildman–Crippen MR) is 67.4 cm³/mol. The monoisotopic (exact) mass is 250 g/mol. The van der Waals surface area contributed by atoms with Gasteiger partial charge in [-0.05, 0) is 37.5 Å². The van der Waals surface area contributed by atoms with E-state index in [4.69, 9.17) is 0 Å². The van der Waals surface area contributed by atoms with E-state index in [0.29, 0.717) is 0 Å². The Kier molecular flexibility index (Phi) is 3.72. The Labute approximate surface area is 106 Å². The maximum atomic E-state index is 11.6. The van der Waals surface area contributed by atoms with Crippen molar-refractivity contribution in [2.24, 2.45) is 0 Å². The average molecular weight is 250 g/mol. The van der Waals surface area contributed by atoms with Crippen molar-refractivity contribution in [3.8, 4) is 11.5 Å². The van der Waals surface area contributed by atoms with Crippen molar-refractivity contribution < 1.29 is 15.0 Å². The minimum absolute atomic E-state index is 0.0116. The molecule has 2 atom stereocenters. The standard InChI is InChI=1S/C13H18N2O3/c1-8(9-5-10(16)7-11(17)6-9)15-12-3-2-4-14-13(12)18/h5-8,12,15-17H,2-4H2,1H3,(H,14,18). The van der Waals surface area contributed by atoms with Gasteiger partial charge >= 0.3 is 0 Å². The molecular weight excluding hydrogens is 232 g/mol. The molecule has 1 aliphatic rings. The summed E-state index contributed by atoms with van der Waals surface area (Å²) in [5, 5.41) is 24.9. The molecule has 1 saturated heterocycles. The van der Waals surface area contributed by atoms with E-state index in [2.05, 4.69) is 10.6 Å². The minimum atomic E-state index is -0.210. The maximum Gasteiger partial charge on any atom is 0.237 e. The Bertz CT molecular complexity index is 428. The summed E-state index contributed by atoms with van der Waals surface area (Å²) in [4.78, 5) is 11.6. The van der Waals surface area contributed by atoms with Crippen molar-refractivity contribution in [2.45, 2.75) is 31.8 Å². The predicted octanol–water partition coefficient (Wildman–Crippen LogP) is 1.03. The zero-order valence-electron chi connectivity index (χ0n) is 10.3. The van der Waals surface area contributed by atoms with Crippen molar-refractivity contribution in [3.63, 3.8) is 0 Å². The van der Waals surface area contributed by atoms with Gasteiger partial charge in [0.1, 0.15) is 11.5 Å². The Morgan fingerprint density at radius 1 is 1.33 bits per heavy atom. The van der Waals surface area contributed by atoms with E-state index in [0.717, 1.165) is 24.9 Å². The second kappa shape index (κ2) is 5.27. The van der Waals surface area contributed by atoms with Crippen LogP contribution in [-0.2, 0) is 4.79 Å². The molecule has 1 aromatic carbocycles. The molecule has 5 heteroatoms. The number of hydrogen-bond acceptors (Lipinski definition) is 4. The van der Waals surface area contributed by atoms with Crippen LogP contribution in [0, 0.1) is 0 Å². The summed E-state index contributed by atoms with van der Waals surface area (Å²) in [5.41, 5.74) is 0.755. The molecule has 0 aromatic heterocycles. The number of carbonyl (C=O) groups excluding carboxylic acids is 1. The first-order valence-corrected chi connectivity index (χ1v) is 6.13. The summed E-state index contributed by atoms with van der Waals surface area (Å²) in [6.45, 7) is 2.63. The number of piperidine rings is 1. The molecule has 5 nitrogen and oxygen atoms in total. The van der Waals surface area contributed by atoms with Gasteiger partial charge in [-0.1, -0.05) is 0 Å². The molecule has 1 fully saturated rings. The Hall–Kier alpha value is -1.75. The first-order valence-electron chi connectivity index (χ1n) is 6.13. The summed E-state index contributed by atoms with van der Waals surface area (Å²) >= 11 is 0. The van der Waals surface area contributed by atoms with Crippen LogP contribution in [-0.4, -0.2) is 28.7 Å². The van der Waals surface area contributed by atoms with Crippen molar-refractivity contribution in [1.29, 1.82) is 0 Å². The van der Waals surface area contributed by atoms with E-state index in [1.807, 2.05) is 6.92 Å². The van der Waals surface area contributed by atoms with Crippen LogP contribution in [0.2, 0.25) is 0 Å². The average Bonchev–Trinajstić information content (AvgIpc) is 2.31. The summed E-state index contributed by atoms with van der Waals surface area (Å²) in [7, 11) is 0. The molecule has 1 amide bonds. The van der Waals surface area contributed by atoms with E-state index in [1.165, 1.54) is 6.07 Å². The first kappa shape index (κ1) is 12.7. The number of nitrogens with one attached hydrogen (secondary N) is 2. The fourth-order valence-corrected chi connectivity index (χ4v) is 2.20. The van der Waals surface area contributed by atoms with Gasteiger partial charge in [-0.25, -0.2) is 0 Å². The Balaban J connectivity index is 2.06. The SMILES string of the molecule is CC(NC1CCCNC1=O)c1cc(O)cc(O)c1. The van der Waals surface area contributed by atoms with E-state index in [-0.39, 0.29) is 29.5 Å². The third kappa shape index (κ3) is 2.92. The fraction of sp³-hybridized carbons (Fsp3) is 0.462. The molecule has 0 bridgehead atoms.